The van der Waals surface area contributed by atoms with E-state index in [1.807, 2.05) is 0 Å². The van der Waals surface area contributed by atoms with Gasteiger partial charge >= 0.3 is 0 Å². The molecule has 0 aliphatic heterocycles. The first-order chi connectivity index (χ1) is 4.72. The molecule has 0 saturated carbocycles. The van der Waals surface area contributed by atoms with E-state index in [-0.39, 0.29) is 5.56 Å². The van der Waals surface area contributed by atoms with Crippen molar-refractivity contribution in [2.75, 3.05) is 0 Å². The summed E-state index contributed by atoms with van der Waals surface area (Å²) < 4.78 is 0. The lowest BCUT2D eigenvalue weighted by atomic mass is 10.4. The number of aromatic amines is 1. The zero-order valence-corrected chi connectivity index (χ0v) is 5.51. The van der Waals surface area contributed by atoms with Crippen LogP contribution in [0.3, 0.4) is 0 Å². The van der Waals surface area contributed by atoms with Crippen LogP contribution in [0.5, 0.6) is 0 Å². The smallest absolute Gasteiger partial charge is 0.252 e. The van der Waals surface area contributed by atoms with Crippen LogP contribution in [-0.4, -0.2) is 9.97 Å². The minimum Gasteiger partial charge on any atom is -0.311 e. The zero-order valence-electron chi connectivity index (χ0n) is 5.51. The summed E-state index contributed by atoms with van der Waals surface area (Å²) >= 11 is 0. The van der Waals surface area contributed by atoms with Gasteiger partial charge in [0.05, 0.1) is 0 Å². The Labute approximate surface area is 58.1 Å². The second-order valence-electron chi connectivity index (χ2n) is 1.86. The number of aromatic nitrogens is 2. The van der Waals surface area contributed by atoms with Crippen molar-refractivity contribution in [3.63, 3.8) is 0 Å². The Hall–Kier alpha value is -1.56. The molecule has 1 aromatic heterocycles. The van der Waals surface area contributed by atoms with Crippen molar-refractivity contribution in [2.24, 2.45) is 0 Å². The fourth-order valence-electron chi connectivity index (χ4n) is 0.653. The highest BCUT2D eigenvalue weighted by Gasteiger charge is 1.91. The van der Waals surface area contributed by atoms with Crippen LogP contribution in [0.25, 0.3) is 0 Å². The van der Waals surface area contributed by atoms with Crippen molar-refractivity contribution in [1.29, 1.82) is 0 Å². The monoisotopic (exact) mass is 134 g/mol. The molecule has 0 atom stereocenters. The molecule has 0 aliphatic carbocycles. The summed E-state index contributed by atoms with van der Waals surface area (Å²) in [5.74, 6) is 2.82. The van der Waals surface area contributed by atoms with Crippen LogP contribution >= 0.6 is 0 Å². The highest BCUT2D eigenvalue weighted by atomic mass is 16.1. The molecule has 3 nitrogen and oxygen atoms in total. The third kappa shape index (κ3) is 1.23. The van der Waals surface area contributed by atoms with Gasteiger partial charge in [0.2, 0.25) is 0 Å². The summed E-state index contributed by atoms with van der Waals surface area (Å²) in [5, 5.41) is 0. The minimum absolute atomic E-state index is 0.208. The molecule has 1 N–H and O–H groups in total. The molecule has 0 aromatic carbocycles. The van der Waals surface area contributed by atoms with Crippen LogP contribution in [-0.2, 0) is 0 Å². The normalized spacial score (nSPS) is 8.80. The molecule has 1 rings (SSSR count). The maximum Gasteiger partial charge on any atom is 0.252 e. The van der Waals surface area contributed by atoms with Crippen LogP contribution in [0.15, 0.2) is 10.9 Å². The highest BCUT2D eigenvalue weighted by Crippen LogP contribution is 1.85. The fraction of sp³-hybridized carbons (Fsp3) is 0.143. The van der Waals surface area contributed by atoms with E-state index >= 15 is 0 Å². The second kappa shape index (κ2) is 2.36. The first-order valence-electron chi connectivity index (χ1n) is 2.77. The van der Waals surface area contributed by atoms with Crippen molar-refractivity contribution < 1.29 is 0 Å². The standard InChI is InChI=1S/C7H6N2O/c1-3-6-4-7(10)9-5(2)8-6/h1,4H,2H3,(H,8,9,10). The summed E-state index contributed by atoms with van der Waals surface area (Å²) in [5.41, 5.74) is 0.168. The van der Waals surface area contributed by atoms with Crippen LogP contribution in [0, 0.1) is 19.3 Å². The predicted octanol–water partition coefficient (Wildman–Crippen LogP) is 0.0596. The van der Waals surface area contributed by atoms with Gasteiger partial charge in [-0.05, 0) is 12.8 Å². The number of aryl methyl sites for hydroxylation is 1. The highest BCUT2D eigenvalue weighted by molar-refractivity contribution is 5.22. The predicted molar refractivity (Wildman–Crippen MR) is 37.5 cm³/mol. The van der Waals surface area contributed by atoms with Crippen molar-refractivity contribution in [3.8, 4) is 12.3 Å². The molecule has 3 heteroatoms. The first kappa shape index (κ1) is 6.56. The number of hydrogen-bond acceptors (Lipinski definition) is 2. The van der Waals surface area contributed by atoms with E-state index in [1.165, 1.54) is 6.07 Å². The van der Waals surface area contributed by atoms with E-state index < -0.39 is 0 Å². The second-order valence-corrected chi connectivity index (χ2v) is 1.86. The Morgan fingerprint density at radius 1 is 1.80 bits per heavy atom. The molecule has 0 aliphatic rings. The van der Waals surface area contributed by atoms with Gasteiger partial charge in [-0.25, -0.2) is 4.98 Å². The quantitative estimate of drug-likeness (QED) is 0.510. The van der Waals surface area contributed by atoms with Gasteiger partial charge in [-0.15, -0.1) is 6.42 Å². The van der Waals surface area contributed by atoms with E-state index in [0.29, 0.717) is 11.5 Å². The Kier molecular flexibility index (Phi) is 1.55. The largest absolute Gasteiger partial charge is 0.311 e. The van der Waals surface area contributed by atoms with Crippen LogP contribution in [0.4, 0.5) is 0 Å². The molecule has 1 aromatic rings. The summed E-state index contributed by atoms with van der Waals surface area (Å²) in [6.07, 6.45) is 5.02. The van der Waals surface area contributed by atoms with Crippen molar-refractivity contribution in [1.82, 2.24) is 9.97 Å². The van der Waals surface area contributed by atoms with Gasteiger partial charge in [0.1, 0.15) is 11.5 Å². The number of H-pyrrole nitrogens is 1. The average molecular weight is 134 g/mol. The Morgan fingerprint density at radius 3 is 3.00 bits per heavy atom. The van der Waals surface area contributed by atoms with Crippen LogP contribution < -0.4 is 5.56 Å². The molecule has 50 valence electrons. The van der Waals surface area contributed by atoms with E-state index in [4.69, 9.17) is 6.42 Å². The Morgan fingerprint density at radius 2 is 2.50 bits per heavy atom. The van der Waals surface area contributed by atoms with Gasteiger partial charge < -0.3 is 4.98 Å². The lowest BCUT2D eigenvalue weighted by Crippen LogP contribution is -2.08. The molecule has 0 fully saturated rings. The third-order valence-corrected chi connectivity index (χ3v) is 1.01. The van der Waals surface area contributed by atoms with Crippen molar-refractivity contribution >= 4 is 0 Å². The van der Waals surface area contributed by atoms with E-state index in [0.717, 1.165) is 0 Å². The third-order valence-electron chi connectivity index (χ3n) is 1.01. The lowest BCUT2D eigenvalue weighted by molar-refractivity contribution is 1.01. The number of terminal acetylenes is 1. The summed E-state index contributed by atoms with van der Waals surface area (Å²) in [7, 11) is 0. The minimum atomic E-state index is -0.208. The molecule has 0 unspecified atom stereocenters. The molecule has 0 amide bonds. The van der Waals surface area contributed by atoms with Crippen molar-refractivity contribution in [2.45, 2.75) is 6.92 Å². The SMILES string of the molecule is C#Cc1cc(=O)[nH]c(C)n1. The van der Waals surface area contributed by atoms with Gasteiger partial charge in [-0.1, -0.05) is 0 Å². The van der Waals surface area contributed by atoms with Crippen molar-refractivity contribution in [3.05, 3.63) is 27.9 Å². The number of nitrogens with one attached hydrogen (secondary N) is 1. The molecule has 0 bridgehead atoms. The van der Waals surface area contributed by atoms with Crippen LogP contribution in [0.1, 0.15) is 11.5 Å². The average Bonchev–Trinajstić information content (AvgIpc) is 1.85. The van der Waals surface area contributed by atoms with Gasteiger partial charge in [0.25, 0.3) is 5.56 Å². The van der Waals surface area contributed by atoms with Gasteiger partial charge in [-0.3, -0.25) is 4.79 Å². The molecule has 0 saturated heterocycles. The van der Waals surface area contributed by atoms with E-state index in [2.05, 4.69) is 15.9 Å². The van der Waals surface area contributed by atoms with E-state index in [1.54, 1.807) is 6.92 Å². The first-order valence-corrected chi connectivity index (χ1v) is 2.77. The lowest BCUT2D eigenvalue weighted by Gasteiger charge is -1.90. The molecule has 10 heavy (non-hydrogen) atoms. The molecular weight excluding hydrogens is 128 g/mol. The fourth-order valence-corrected chi connectivity index (χ4v) is 0.653. The maximum atomic E-state index is 10.7. The zero-order chi connectivity index (χ0) is 7.56. The maximum absolute atomic E-state index is 10.7. The van der Waals surface area contributed by atoms with Gasteiger partial charge in [0.15, 0.2) is 0 Å². The van der Waals surface area contributed by atoms with E-state index in [9.17, 15) is 4.79 Å². The van der Waals surface area contributed by atoms with Gasteiger partial charge in [-0.2, -0.15) is 0 Å². The summed E-state index contributed by atoms with van der Waals surface area (Å²) in [4.78, 5) is 17.0. The van der Waals surface area contributed by atoms with Crippen LogP contribution in [0.2, 0.25) is 0 Å². The molecular formula is C7H6N2O. The van der Waals surface area contributed by atoms with Gasteiger partial charge in [0, 0.05) is 6.07 Å². The summed E-state index contributed by atoms with van der Waals surface area (Å²) in [6, 6.07) is 1.28. The number of nitrogens with zero attached hydrogens (tertiary/aromatic N) is 1. The molecule has 1 heterocycles. The summed E-state index contributed by atoms with van der Waals surface area (Å²) in [6.45, 7) is 1.68. The number of rotatable bonds is 0. The molecule has 0 radical (unpaired) electrons. The number of hydrogen-bond donors (Lipinski definition) is 1. The topological polar surface area (TPSA) is 45.8 Å². The molecule has 0 spiro atoms. The Balaban J connectivity index is 3.36. The Bertz CT molecular complexity index is 332.